The summed E-state index contributed by atoms with van der Waals surface area (Å²) in [4.78, 5) is 7.03. The van der Waals surface area contributed by atoms with Gasteiger partial charge < -0.3 is 9.64 Å². The molecule has 1 heterocycles. The van der Waals surface area contributed by atoms with Gasteiger partial charge in [-0.05, 0) is 19.3 Å². The third kappa shape index (κ3) is 3.10. The number of aliphatic imine (C=N–C) groups is 1. The van der Waals surface area contributed by atoms with Gasteiger partial charge in [-0.3, -0.25) is 5.43 Å². The molecule has 0 amide bonds. The van der Waals surface area contributed by atoms with E-state index in [-0.39, 0.29) is 0 Å². The molecule has 1 unspecified atom stereocenters. The molecule has 5 heteroatoms. The van der Waals surface area contributed by atoms with Gasteiger partial charge in [-0.25, -0.2) is 10.8 Å². The van der Waals surface area contributed by atoms with Crippen molar-refractivity contribution < 1.29 is 4.74 Å². The van der Waals surface area contributed by atoms with Crippen molar-refractivity contribution in [3.05, 3.63) is 0 Å². The molecular weight excluding hydrogens is 216 g/mol. The second-order valence-corrected chi connectivity index (χ2v) is 4.87. The molecule has 1 aliphatic heterocycles. The summed E-state index contributed by atoms with van der Waals surface area (Å²) < 4.78 is 5.50. The number of guanidine groups is 1. The van der Waals surface area contributed by atoms with E-state index in [0.29, 0.717) is 12.1 Å². The Morgan fingerprint density at radius 2 is 2.24 bits per heavy atom. The van der Waals surface area contributed by atoms with Gasteiger partial charge in [-0.2, -0.15) is 0 Å². The van der Waals surface area contributed by atoms with Crippen molar-refractivity contribution >= 4 is 5.96 Å². The molecule has 1 saturated carbocycles. The van der Waals surface area contributed by atoms with Crippen LogP contribution in [0, 0.1) is 0 Å². The molecule has 2 fully saturated rings. The van der Waals surface area contributed by atoms with Crippen LogP contribution in [0.2, 0.25) is 0 Å². The first kappa shape index (κ1) is 12.6. The van der Waals surface area contributed by atoms with Crippen molar-refractivity contribution in [3.63, 3.8) is 0 Å². The maximum atomic E-state index is 5.64. The third-order valence-electron chi connectivity index (χ3n) is 3.73. The fraction of sp³-hybridized carbons (Fsp3) is 0.917. The standard InChI is InChI=1S/C12H24N4O/c1-2-11-9-17-8-7-16(11)12(15-13)14-10-5-3-4-6-10/h10-11H,2-9,13H2,1H3,(H,14,15). The summed E-state index contributed by atoms with van der Waals surface area (Å²) in [5, 5.41) is 0. The van der Waals surface area contributed by atoms with Crippen LogP contribution < -0.4 is 11.3 Å². The molecule has 0 bridgehead atoms. The molecule has 2 aliphatic rings. The lowest BCUT2D eigenvalue weighted by Crippen LogP contribution is -2.55. The first-order chi connectivity index (χ1) is 8.35. The van der Waals surface area contributed by atoms with Crippen LogP contribution in [0.15, 0.2) is 4.99 Å². The number of ether oxygens (including phenoxy) is 1. The number of rotatable bonds is 2. The van der Waals surface area contributed by atoms with Crippen LogP contribution in [0.4, 0.5) is 0 Å². The molecule has 0 aromatic rings. The smallest absolute Gasteiger partial charge is 0.209 e. The van der Waals surface area contributed by atoms with Crippen molar-refractivity contribution in [2.45, 2.75) is 51.1 Å². The molecule has 1 saturated heterocycles. The number of hydrogen-bond donors (Lipinski definition) is 2. The first-order valence-electron chi connectivity index (χ1n) is 6.74. The van der Waals surface area contributed by atoms with Gasteiger partial charge in [0.2, 0.25) is 5.96 Å². The van der Waals surface area contributed by atoms with Crippen molar-refractivity contribution in [2.24, 2.45) is 10.8 Å². The fourth-order valence-corrected chi connectivity index (χ4v) is 2.67. The zero-order chi connectivity index (χ0) is 12.1. The highest BCUT2D eigenvalue weighted by molar-refractivity contribution is 5.80. The van der Waals surface area contributed by atoms with Gasteiger partial charge in [0, 0.05) is 6.54 Å². The number of nitrogens with zero attached hydrogens (tertiary/aromatic N) is 2. The van der Waals surface area contributed by atoms with E-state index in [1.54, 1.807) is 0 Å². The van der Waals surface area contributed by atoms with Crippen LogP contribution >= 0.6 is 0 Å². The monoisotopic (exact) mass is 240 g/mol. The lowest BCUT2D eigenvalue weighted by Gasteiger charge is -2.37. The normalized spacial score (nSPS) is 27.5. The van der Waals surface area contributed by atoms with Crippen LogP contribution in [0.5, 0.6) is 0 Å². The van der Waals surface area contributed by atoms with Crippen molar-refractivity contribution in [1.82, 2.24) is 10.3 Å². The Morgan fingerprint density at radius 1 is 1.47 bits per heavy atom. The lowest BCUT2D eigenvalue weighted by atomic mass is 10.2. The minimum Gasteiger partial charge on any atom is -0.377 e. The number of hydrogen-bond acceptors (Lipinski definition) is 3. The molecule has 0 radical (unpaired) electrons. The zero-order valence-corrected chi connectivity index (χ0v) is 10.7. The van der Waals surface area contributed by atoms with Gasteiger partial charge in [0.15, 0.2) is 0 Å². The molecule has 5 nitrogen and oxygen atoms in total. The SMILES string of the molecule is CCC1COCCN1C(=NC1CCCC1)NN. The molecule has 1 aliphatic carbocycles. The van der Waals surface area contributed by atoms with Crippen LogP contribution in [0.3, 0.4) is 0 Å². The Labute approximate surface area is 103 Å². The van der Waals surface area contributed by atoms with E-state index < -0.39 is 0 Å². The maximum Gasteiger partial charge on any atom is 0.209 e. The summed E-state index contributed by atoms with van der Waals surface area (Å²) in [6.07, 6.45) is 6.06. The van der Waals surface area contributed by atoms with Gasteiger partial charge in [-0.1, -0.05) is 19.8 Å². The predicted octanol–water partition coefficient (Wildman–Crippen LogP) is 0.859. The lowest BCUT2D eigenvalue weighted by molar-refractivity contribution is 0.0233. The van der Waals surface area contributed by atoms with E-state index in [9.17, 15) is 0 Å². The van der Waals surface area contributed by atoms with E-state index >= 15 is 0 Å². The van der Waals surface area contributed by atoms with Crippen LogP contribution in [0.25, 0.3) is 0 Å². The summed E-state index contributed by atoms with van der Waals surface area (Å²) in [5.74, 6) is 6.49. The van der Waals surface area contributed by atoms with Gasteiger partial charge >= 0.3 is 0 Å². The summed E-state index contributed by atoms with van der Waals surface area (Å²) in [7, 11) is 0. The average molecular weight is 240 g/mol. The molecule has 0 aromatic carbocycles. The van der Waals surface area contributed by atoms with Crippen molar-refractivity contribution in [3.8, 4) is 0 Å². The third-order valence-corrected chi connectivity index (χ3v) is 3.73. The summed E-state index contributed by atoms with van der Waals surface area (Å²) in [5.41, 5.74) is 2.78. The minimum atomic E-state index is 0.403. The maximum absolute atomic E-state index is 5.64. The highest BCUT2D eigenvalue weighted by atomic mass is 16.5. The van der Waals surface area contributed by atoms with Crippen LogP contribution in [-0.4, -0.2) is 42.7 Å². The Hall–Kier alpha value is -0.810. The highest BCUT2D eigenvalue weighted by Crippen LogP contribution is 2.21. The topological polar surface area (TPSA) is 62.9 Å². The van der Waals surface area contributed by atoms with E-state index in [1.165, 1.54) is 25.7 Å². The molecular formula is C12H24N4O. The Balaban J connectivity index is 2.04. The van der Waals surface area contributed by atoms with E-state index in [1.807, 2.05) is 0 Å². The van der Waals surface area contributed by atoms with Crippen LogP contribution in [0.1, 0.15) is 39.0 Å². The Bertz CT molecular complexity index is 263. The first-order valence-corrected chi connectivity index (χ1v) is 6.74. The minimum absolute atomic E-state index is 0.403. The Kier molecular flexibility index (Phi) is 4.62. The molecule has 1 atom stereocenters. The second-order valence-electron chi connectivity index (χ2n) is 4.87. The van der Waals surface area contributed by atoms with Gasteiger partial charge in [0.05, 0.1) is 25.3 Å². The summed E-state index contributed by atoms with van der Waals surface area (Å²) in [6, 6.07) is 0.862. The van der Waals surface area contributed by atoms with E-state index in [0.717, 1.165) is 32.1 Å². The van der Waals surface area contributed by atoms with E-state index in [2.05, 4.69) is 17.2 Å². The summed E-state index contributed by atoms with van der Waals surface area (Å²) >= 11 is 0. The number of morpholine rings is 1. The molecule has 98 valence electrons. The number of nitrogens with one attached hydrogen (secondary N) is 1. The highest BCUT2D eigenvalue weighted by Gasteiger charge is 2.25. The molecule has 0 spiro atoms. The number of hydrazine groups is 1. The van der Waals surface area contributed by atoms with Gasteiger partial charge in [-0.15, -0.1) is 0 Å². The molecule has 17 heavy (non-hydrogen) atoms. The number of nitrogens with two attached hydrogens (primary N) is 1. The average Bonchev–Trinajstić information content (AvgIpc) is 2.89. The second kappa shape index (κ2) is 6.21. The van der Waals surface area contributed by atoms with Gasteiger partial charge in [0.25, 0.3) is 0 Å². The fourth-order valence-electron chi connectivity index (χ4n) is 2.67. The van der Waals surface area contributed by atoms with Crippen molar-refractivity contribution in [2.75, 3.05) is 19.8 Å². The van der Waals surface area contributed by atoms with E-state index in [4.69, 9.17) is 15.6 Å². The summed E-state index contributed by atoms with van der Waals surface area (Å²) in [6.45, 7) is 4.61. The van der Waals surface area contributed by atoms with Crippen LogP contribution in [-0.2, 0) is 4.74 Å². The molecule has 0 aromatic heterocycles. The molecule has 2 rings (SSSR count). The van der Waals surface area contributed by atoms with Crippen molar-refractivity contribution in [1.29, 1.82) is 0 Å². The largest absolute Gasteiger partial charge is 0.377 e. The Morgan fingerprint density at radius 3 is 2.88 bits per heavy atom. The zero-order valence-electron chi connectivity index (χ0n) is 10.7. The van der Waals surface area contributed by atoms with Gasteiger partial charge in [0.1, 0.15) is 0 Å². The predicted molar refractivity (Wildman–Crippen MR) is 68.6 cm³/mol. The molecule has 3 N–H and O–H groups in total. The quantitative estimate of drug-likeness (QED) is 0.325.